The van der Waals surface area contributed by atoms with Crippen LogP contribution < -0.4 is 0 Å². The minimum Gasteiger partial charge on any atom is -0.472 e. The standard InChI is InChI=1S/C17H25N3O3/c1-3-19-12-17(8-16(19)22)11-18(9-15-4-7-23-10-15)5-6-20(13-17)14(2)21/h4,7,10H,3,5-6,8-9,11-13H2,1-2H3/t17-/m0/s1. The van der Waals surface area contributed by atoms with Gasteiger partial charge in [0.1, 0.15) is 0 Å². The van der Waals surface area contributed by atoms with Crippen molar-refractivity contribution in [2.75, 3.05) is 39.3 Å². The number of hydrogen-bond acceptors (Lipinski definition) is 4. The van der Waals surface area contributed by atoms with Gasteiger partial charge in [0.05, 0.1) is 12.5 Å². The molecule has 126 valence electrons. The number of furan rings is 1. The molecule has 6 nitrogen and oxygen atoms in total. The zero-order chi connectivity index (χ0) is 16.4. The van der Waals surface area contributed by atoms with Crippen LogP contribution in [0.15, 0.2) is 23.0 Å². The molecule has 2 saturated heterocycles. The predicted octanol–water partition coefficient (Wildman–Crippen LogP) is 1.18. The van der Waals surface area contributed by atoms with Crippen LogP contribution in [0, 0.1) is 5.41 Å². The lowest BCUT2D eigenvalue weighted by Crippen LogP contribution is -2.43. The maximum absolute atomic E-state index is 12.3. The van der Waals surface area contributed by atoms with Crippen molar-refractivity contribution in [2.24, 2.45) is 5.41 Å². The summed E-state index contributed by atoms with van der Waals surface area (Å²) >= 11 is 0. The van der Waals surface area contributed by atoms with Crippen molar-refractivity contribution in [3.63, 3.8) is 0 Å². The summed E-state index contributed by atoms with van der Waals surface area (Å²) in [7, 11) is 0. The van der Waals surface area contributed by atoms with Gasteiger partial charge in [0, 0.05) is 70.1 Å². The Kier molecular flexibility index (Phi) is 4.43. The van der Waals surface area contributed by atoms with Gasteiger partial charge in [0.25, 0.3) is 0 Å². The maximum Gasteiger partial charge on any atom is 0.223 e. The van der Waals surface area contributed by atoms with E-state index in [9.17, 15) is 9.59 Å². The van der Waals surface area contributed by atoms with Crippen molar-refractivity contribution in [1.29, 1.82) is 0 Å². The molecule has 6 heteroatoms. The Hall–Kier alpha value is -1.82. The second kappa shape index (κ2) is 6.35. The van der Waals surface area contributed by atoms with Crippen molar-refractivity contribution in [1.82, 2.24) is 14.7 Å². The molecular weight excluding hydrogens is 294 g/mol. The van der Waals surface area contributed by atoms with Crippen molar-refractivity contribution in [3.05, 3.63) is 24.2 Å². The van der Waals surface area contributed by atoms with E-state index < -0.39 is 0 Å². The summed E-state index contributed by atoms with van der Waals surface area (Å²) in [4.78, 5) is 30.4. The molecule has 1 spiro atoms. The maximum atomic E-state index is 12.3. The van der Waals surface area contributed by atoms with Gasteiger partial charge in [0.15, 0.2) is 0 Å². The van der Waals surface area contributed by atoms with Crippen LogP contribution in [0.2, 0.25) is 0 Å². The first-order valence-corrected chi connectivity index (χ1v) is 8.28. The molecular formula is C17H25N3O3. The van der Waals surface area contributed by atoms with Crippen LogP contribution in [0.3, 0.4) is 0 Å². The second-order valence-electron chi connectivity index (χ2n) is 6.87. The van der Waals surface area contributed by atoms with Gasteiger partial charge in [-0.25, -0.2) is 0 Å². The number of likely N-dealkylation sites (tertiary alicyclic amines) is 1. The van der Waals surface area contributed by atoms with E-state index in [4.69, 9.17) is 4.42 Å². The zero-order valence-electron chi connectivity index (χ0n) is 14.0. The van der Waals surface area contributed by atoms with Crippen LogP contribution in [0.5, 0.6) is 0 Å². The normalized spacial score (nSPS) is 26.1. The molecule has 2 aliphatic rings. The van der Waals surface area contributed by atoms with E-state index >= 15 is 0 Å². The van der Waals surface area contributed by atoms with Crippen LogP contribution in [-0.4, -0.2) is 65.8 Å². The molecule has 0 bridgehead atoms. The van der Waals surface area contributed by atoms with Gasteiger partial charge in [-0.2, -0.15) is 0 Å². The quantitative estimate of drug-likeness (QED) is 0.839. The lowest BCUT2D eigenvalue weighted by molar-refractivity contribution is -0.130. The summed E-state index contributed by atoms with van der Waals surface area (Å²) in [5, 5.41) is 0. The van der Waals surface area contributed by atoms with Gasteiger partial charge in [-0.1, -0.05) is 0 Å². The average molecular weight is 319 g/mol. The highest BCUT2D eigenvalue weighted by Gasteiger charge is 2.46. The first kappa shape index (κ1) is 16.1. The van der Waals surface area contributed by atoms with Crippen molar-refractivity contribution in [3.8, 4) is 0 Å². The highest BCUT2D eigenvalue weighted by molar-refractivity contribution is 5.80. The van der Waals surface area contributed by atoms with Gasteiger partial charge in [-0.15, -0.1) is 0 Å². The highest BCUT2D eigenvalue weighted by Crippen LogP contribution is 2.35. The number of rotatable bonds is 3. The van der Waals surface area contributed by atoms with E-state index in [-0.39, 0.29) is 17.2 Å². The number of amides is 2. The van der Waals surface area contributed by atoms with Gasteiger partial charge in [0.2, 0.25) is 11.8 Å². The third-order valence-corrected chi connectivity index (χ3v) is 4.99. The van der Waals surface area contributed by atoms with Gasteiger partial charge in [-0.3, -0.25) is 14.5 Å². The topological polar surface area (TPSA) is 57.0 Å². The van der Waals surface area contributed by atoms with Crippen molar-refractivity contribution < 1.29 is 14.0 Å². The minimum absolute atomic E-state index is 0.0944. The lowest BCUT2D eigenvalue weighted by Gasteiger charge is -2.33. The Labute approximate surface area is 137 Å². The van der Waals surface area contributed by atoms with Crippen LogP contribution in [0.1, 0.15) is 25.8 Å². The Morgan fingerprint density at radius 2 is 2.13 bits per heavy atom. The van der Waals surface area contributed by atoms with E-state index in [1.807, 2.05) is 22.8 Å². The van der Waals surface area contributed by atoms with Crippen LogP contribution in [0.25, 0.3) is 0 Å². The Morgan fingerprint density at radius 3 is 2.74 bits per heavy atom. The first-order valence-electron chi connectivity index (χ1n) is 8.28. The van der Waals surface area contributed by atoms with Crippen molar-refractivity contribution in [2.45, 2.75) is 26.8 Å². The minimum atomic E-state index is -0.154. The van der Waals surface area contributed by atoms with E-state index in [0.717, 1.165) is 44.8 Å². The highest BCUT2D eigenvalue weighted by atomic mass is 16.3. The van der Waals surface area contributed by atoms with Crippen LogP contribution in [0.4, 0.5) is 0 Å². The van der Waals surface area contributed by atoms with Crippen molar-refractivity contribution >= 4 is 11.8 Å². The summed E-state index contributed by atoms with van der Waals surface area (Å²) in [6.07, 6.45) is 3.98. The number of nitrogens with zero attached hydrogens (tertiary/aromatic N) is 3. The van der Waals surface area contributed by atoms with Gasteiger partial charge >= 0.3 is 0 Å². The average Bonchev–Trinajstić information content (AvgIpc) is 3.06. The smallest absolute Gasteiger partial charge is 0.223 e. The summed E-state index contributed by atoms with van der Waals surface area (Å²) in [6.45, 7) is 8.97. The third-order valence-electron chi connectivity index (χ3n) is 4.99. The Balaban J connectivity index is 1.80. The molecule has 23 heavy (non-hydrogen) atoms. The van der Waals surface area contributed by atoms with E-state index in [1.165, 1.54) is 0 Å². The second-order valence-corrected chi connectivity index (χ2v) is 6.87. The molecule has 0 aliphatic carbocycles. The molecule has 3 heterocycles. The molecule has 0 radical (unpaired) electrons. The fourth-order valence-corrected chi connectivity index (χ4v) is 3.88. The molecule has 1 aromatic rings. The predicted molar refractivity (Wildman–Crippen MR) is 85.5 cm³/mol. The van der Waals surface area contributed by atoms with Crippen LogP contribution in [-0.2, 0) is 16.1 Å². The molecule has 0 saturated carbocycles. The molecule has 2 aliphatic heterocycles. The van der Waals surface area contributed by atoms with Crippen LogP contribution >= 0.6 is 0 Å². The van der Waals surface area contributed by atoms with E-state index in [1.54, 1.807) is 19.5 Å². The molecule has 1 aromatic heterocycles. The zero-order valence-corrected chi connectivity index (χ0v) is 14.0. The summed E-state index contributed by atoms with van der Waals surface area (Å²) < 4.78 is 5.16. The SMILES string of the molecule is CCN1C[C@]2(CC1=O)CN(Cc1ccoc1)CCN(C(C)=O)C2. The Bertz CT molecular complexity index is 572. The molecule has 3 rings (SSSR count). The molecule has 0 N–H and O–H groups in total. The lowest BCUT2D eigenvalue weighted by atomic mass is 9.86. The van der Waals surface area contributed by atoms with E-state index in [0.29, 0.717) is 13.0 Å². The third kappa shape index (κ3) is 3.42. The fourth-order valence-electron chi connectivity index (χ4n) is 3.88. The molecule has 0 unspecified atom stereocenters. The molecule has 2 amide bonds. The summed E-state index contributed by atoms with van der Waals surface area (Å²) in [5.41, 5.74) is 0.979. The number of carbonyl (C=O) groups is 2. The molecule has 1 atom stereocenters. The van der Waals surface area contributed by atoms with Gasteiger partial charge in [-0.05, 0) is 13.0 Å². The number of carbonyl (C=O) groups excluding carboxylic acids is 2. The largest absolute Gasteiger partial charge is 0.472 e. The summed E-state index contributed by atoms with van der Waals surface area (Å²) in [5.74, 6) is 0.304. The molecule has 0 aromatic carbocycles. The number of hydrogen-bond donors (Lipinski definition) is 0. The molecule has 2 fully saturated rings. The van der Waals surface area contributed by atoms with Gasteiger partial charge < -0.3 is 14.2 Å². The fraction of sp³-hybridized carbons (Fsp3) is 0.647. The monoisotopic (exact) mass is 319 g/mol. The summed E-state index contributed by atoms with van der Waals surface area (Å²) in [6, 6.07) is 1.97. The Morgan fingerprint density at radius 1 is 1.30 bits per heavy atom. The first-order chi connectivity index (χ1) is 11.0. The van der Waals surface area contributed by atoms with E-state index in [2.05, 4.69) is 4.90 Å².